The molecular formula is C29H46N2O6. The number of hydrogen-bond acceptors (Lipinski definition) is 4. The highest BCUT2D eigenvalue weighted by molar-refractivity contribution is 5.85. The molecule has 4 saturated carbocycles. The highest BCUT2D eigenvalue weighted by Crippen LogP contribution is 2.37. The summed E-state index contributed by atoms with van der Waals surface area (Å²) < 4.78 is 0. The van der Waals surface area contributed by atoms with E-state index in [1.807, 2.05) is 0 Å². The fraction of sp³-hybridized carbons (Fsp3) is 0.862. The summed E-state index contributed by atoms with van der Waals surface area (Å²) in [6.07, 6.45) is 15.7. The van der Waals surface area contributed by atoms with E-state index in [-0.39, 0.29) is 35.7 Å². The summed E-state index contributed by atoms with van der Waals surface area (Å²) >= 11 is 0. The molecule has 0 aromatic rings. The molecule has 0 spiro atoms. The van der Waals surface area contributed by atoms with Crippen LogP contribution in [-0.4, -0.2) is 46.0 Å². The van der Waals surface area contributed by atoms with Gasteiger partial charge in [-0.3, -0.25) is 19.2 Å². The molecule has 0 radical (unpaired) electrons. The maximum atomic E-state index is 12.8. The van der Waals surface area contributed by atoms with Crippen LogP contribution in [0.15, 0.2) is 0 Å². The van der Waals surface area contributed by atoms with Crippen LogP contribution < -0.4 is 10.6 Å². The molecule has 8 heteroatoms. The third kappa shape index (κ3) is 7.47. The summed E-state index contributed by atoms with van der Waals surface area (Å²) in [4.78, 5) is 48.7. The van der Waals surface area contributed by atoms with E-state index in [1.54, 1.807) is 0 Å². The number of nitrogens with one attached hydrogen (secondary N) is 2. The predicted molar refractivity (Wildman–Crippen MR) is 139 cm³/mol. The second kappa shape index (κ2) is 13.1. The molecule has 0 saturated heterocycles. The number of carbonyl (C=O) groups is 4. The molecule has 37 heavy (non-hydrogen) atoms. The number of carboxylic acids is 2. The Bertz CT molecular complexity index is 749. The smallest absolute Gasteiger partial charge is 0.307 e. The summed E-state index contributed by atoms with van der Waals surface area (Å²) in [5.41, 5.74) is 0. The Morgan fingerprint density at radius 2 is 0.811 bits per heavy atom. The number of hydrogen-bond donors (Lipinski definition) is 4. The van der Waals surface area contributed by atoms with Crippen LogP contribution in [0.5, 0.6) is 0 Å². The van der Waals surface area contributed by atoms with Crippen molar-refractivity contribution in [3.8, 4) is 0 Å². The van der Waals surface area contributed by atoms with Crippen molar-refractivity contribution < 1.29 is 29.4 Å². The zero-order valence-corrected chi connectivity index (χ0v) is 22.2. The number of rotatable bonds is 8. The van der Waals surface area contributed by atoms with Gasteiger partial charge in [-0.05, 0) is 95.3 Å². The molecule has 0 bridgehead atoms. The van der Waals surface area contributed by atoms with Crippen molar-refractivity contribution in [1.82, 2.24) is 10.6 Å². The lowest BCUT2D eigenvalue weighted by atomic mass is 9.75. The lowest BCUT2D eigenvalue weighted by molar-refractivity contribution is -0.149. The van der Waals surface area contributed by atoms with E-state index in [0.29, 0.717) is 37.5 Å². The second-order valence-electron chi connectivity index (χ2n) is 12.4. The van der Waals surface area contributed by atoms with Crippen molar-refractivity contribution in [3.05, 3.63) is 0 Å². The largest absolute Gasteiger partial charge is 0.481 e. The van der Waals surface area contributed by atoms with Crippen molar-refractivity contribution in [1.29, 1.82) is 0 Å². The molecule has 0 aromatic carbocycles. The minimum Gasteiger partial charge on any atom is -0.481 e. The summed E-state index contributed by atoms with van der Waals surface area (Å²) in [5.74, 6) is -2.28. The highest BCUT2D eigenvalue weighted by atomic mass is 16.4. The summed E-state index contributed by atoms with van der Waals surface area (Å²) in [7, 11) is 0. The molecule has 8 nitrogen and oxygen atoms in total. The number of aliphatic carboxylic acids is 2. The van der Waals surface area contributed by atoms with Crippen LogP contribution in [0.25, 0.3) is 0 Å². The number of carboxylic acid groups (broad SMARTS) is 2. The first kappa shape index (κ1) is 27.9. The van der Waals surface area contributed by atoms with Crippen LogP contribution in [-0.2, 0) is 19.2 Å². The average Bonchev–Trinajstić information content (AvgIpc) is 2.90. The minimum absolute atomic E-state index is 0.0566. The third-order valence-electron chi connectivity index (χ3n) is 9.89. The summed E-state index contributed by atoms with van der Waals surface area (Å²) in [5, 5.41) is 25.3. The Balaban J connectivity index is 1.14. The second-order valence-corrected chi connectivity index (χ2v) is 12.4. The van der Waals surface area contributed by atoms with Crippen molar-refractivity contribution in [3.63, 3.8) is 0 Å². The molecule has 4 N–H and O–H groups in total. The standard InChI is InChI=1S/C29H46N2O6/c32-26(22-5-1-3-7-24(22)28(34)35)30-20-13-9-18(10-14-20)17-19-11-15-21(16-12-19)31-27(33)23-6-2-4-8-25(23)29(36)37/h18-25H,1-17H2,(H,30,32)(H,31,33)(H,34,35)(H,36,37)/t18?,19?,20?,21?,22-,23-,24-,25+/m0/s1. The quantitative estimate of drug-likeness (QED) is 0.374. The Hall–Kier alpha value is -2.12. The van der Waals surface area contributed by atoms with Gasteiger partial charge < -0.3 is 20.8 Å². The van der Waals surface area contributed by atoms with Crippen LogP contribution in [0.2, 0.25) is 0 Å². The van der Waals surface area contributed by atoms with Crippen LogP contribution in [0.4, 0.5) is 0 Å². The van der Waals surface area contributed by atoms with Gasteiger partial charge in [0, 0.05) is 12.1 Å². The van der Waals surface area contributed by atoms with E-state index >= 15 is 0 Å². The SMILES string of the molecule is O=C(O)[C@H]1CCCC[C@@H]1C(=O)NC1CCC(CC2CCC(NC(=O)[C@H]3CCCC[C@H]3C(=O)O)CC2)CC1. The lowest BCUT2D eigenvalue weighted by Gasteiger charge is -2.36. The van der Waals surface area contributed by atoms with Crippen molar-refractivity contribution in [2.75, 3.05) is 0 Å². The molecule has 0 aromatic heterocycles. The van der Waals surface area contributed by atoms with Gasteiger partial charge in [-0.15, -0.1) is 0 Å². The van der Waals surface area contributed by atoms with Gasteiger partial charge in [-0.2, -0.15) is 0 Å². The van der Waals surface area contributed by atoms with Gasteiger partial charge in [0.15, 0.2) is 0 Å². The van der Waals surface area contributed by atoms with Gasteiger partial charge in [0.25, 0.3) is 0 Å². The topological polar surface area (TPSA) is 133 Å². The van der Waals surface area contributed by atoms with E-state index < -0.39 is 23.8 Å². The maximum Gasteiger partial charge on any atom is 0.307 e. The van der Waals surface area contributed by atoms with Crippen molar-refractivity contribution in [2.24, 2.45) is 35.5 Å². The highest BCUT2D eigenvalue weighted by Gasteiger charge is 2.38. The van der Waals surface area contributed by atoms with Crippen LogP contribution in [0, 0.1) is 35.5 Å². The van der Waals surface area contributed by atoms with Gasteiger partial charge in [0.05, 0.1) is 23.7 Å². The first-order chi connectivity index (χ1) is 17.8. The monoisotopic (exact) mass is 518 g/mol. The Kier molecular flexibility index (Phi) is 9.88. The molecule has 0 unspecified atom stereocenters. The molecule has 4 aliphatic carbocycles. The Labute approximate surface area is 220 Å². The molecule has 4 aliphatic rings. The van der Waals surface area contributed by atoms with Crippen LogP contribution >= 0.6 is 0 Å². The fourth-order valence-corrected chi connectivity index (χ4v) is 7.65. The molecule has 208 valence electrons. The molecule has 0 aliphatic heterocycles. The summed E-state index contributed by atoms with van der Waals surface area (Å²) in [6.45, 7) is 0. The van der Waals surface area contributed by atoms with Crippen LogP contribution in [0.1, 0.15) is 109 Å². The molecular weight excluding hydrogens is 472 g/mol. The molecule has 4 rings (SSSR count). The maximum absolute atomic E-state index is 12.8. The number of amides is 2. The Morgan fingerprint density at radius 3 is 1.14 bits per heavy atom. The molecule has 2 amide bonds. The van der Waals surface area contributed by atoms with Gasteiger partial charge in [0.2, 0.25) is 11.8 Å². The molecule has 4 fully saturated rings. The minimum atomic E-state index is -0.837. The van der Waals surface area contributed by atoms with Gasteiger partial charge in [-0.25, -0.2) is 0 Å². The van der Waals surface area contributed by atoms with Gasteiger partial charge in [-0.1, -0.05) is 25.7 Å². The van der Waals surface area contributed by atoms with E-state index in [9.17, 15) is 29.4 Å². The fourth-order valence-electron chi connectivity index (χ4n) is 7.65. The normalized spacial score (nSPS) is 36.8. The summed E-state index contributed by atoms with van der Waals surface area (Å²) in [6, 6.07) is 0.334. The van der Waals surface area contributed by atoms with Crippen molar-refractivity contribution >= 4 is 23.8 Å². The van der Waals surface area contributed by atoms with E-state index in [2.05, 4.69) is 10.6 Å². The molecule has 0 heterocycles. The van der Waals surface area contributed by atoms with Crippen molar-refractivity contribution in [2.45, 2.75) is 121 Å². The zero-order valence-electron chi connectivity index (χ0n) is 22.2. The van der Waals surface area contributed by atoms with E-state index in [1.165, 1.54) is 6.42 Å². The van der Waals surface area contributed by atoms with Gasteiger partial charge >= 0.3 is 11.9 Å². The van der Waals surface area contributed by atoms with Gasteiger partial charge in [0.1, 0.15) is 0 Å². The van der Waals surface area contributed by atoms with E-state index in [0.717, 1.165) is 77.0 Å². The Morgan fingerprint density at radius 1 is 0.486 bits per heavy atom. The average molecular weight is 519 g/mol. The predicted octanol–water partition coefficient (Wildman–Crippen LogP) is 4.51. The first-order valence-electron chi connectivity index (χ1n) is 14.9. The first-order valence-corrected chi connectivity index (χ1v) is 14.9. The van der Waals surface area contributed by atoms with E-state index in [4.69, 9.17) is 0 Å². The molecule has 4 atom stereocenters. The lowest BCUT2D eigenvalue weighted by Crippen LogP contribution is -2.45. The zero-order chi connectivity index (χ0) is 26.4. The van der Waals surface area contributed by atoms with Crippen LogP contribution in [0.3, 0.4) is 0 Å². The number of carbonyl (C=O) groups excluding carboxylic acids is 2. The third-order valence-corrected chi connectivity index (χ3v) is 9.89.